The SMILES string of the molecule is O=C(O)Cc1cccc(Oc2ccccc2OC/C=C/c2ccc(C(F)(F)F)cc2)c1. The van der Waals surface area contributed by atoms with Gasteiger partial charge in [0.1, 0.15) is 12.4 Å². The third-order valence-corrected chi connectivity index (χ3v) is 4.21. The van der Waals surface area contributed by atoms with Gasteiger partial charge in [0.15, 0.2) is 11.5 Å². The van der Waals surface area contributed by atoms with Crippen LogP contribution in [0.25, 0.3) is 6.08 Å². The molecule has 0 atom stereocenters. The van der Waals surface area contributed by atoms with Gasteiger partial charge >= 0.3 is 12.1 Å². The molecular formula is C24H19F3O4. The highest BCUT2D eigenvalue weighted by Crippen LogP contribution is 2.32. The molecule has 4 nitrogen and oxygen atoms in total. The van der Waals surface area contributed by atoms with E-state index >= 15 is 0 Å². The smallest absolute Gasteiger partial charge is 0.416 e. The zero-order chi connectivity index (χ0) is 22.3. The van der Waals surface area contributed by atoms with Crippen LogP contribution in [0.15, 0.2) is 78.9 Å². The molecule has 0 unspecified atom stereocenters. The van der Waals surface area contributed by atoms with Crippen LogP contribution in [0.2, 0.25) is 0 Å². The summed E-state index contributed by atoms with van der Waals surface area (Å²) in [5.74, 6) is 0.483. The fourth-order valence-corrected chi connectivity index (χ4v) is 2.78. The monoisotopic (exact) mass is 428 g/mol. The van der Waals surface area contributed by atoms with Gasteiger partial charge in [-0.05, 0) is 53.6 Å². The zero-order valence-corrected chi connectivity index (χ0v) is 16.3. The van der Waals surface area contributed by atoms with Crippen molar-refractivity contribution in [1.29, 1.82) is 0 Å². The predicted molar refractivity (Wildman–Crippen MR) is 110 cm³/mol. The molecule has 160 valence electrons. The summed E-state index contributed by atoms with van der Waals surface area (Å²) in [6.07, 6.45) is -1.11. The normalized spacial score (nSPS) is 11.5. The van der Waals surface area contributed by atoms with E-state index < -0.39 is 17.7 Å². The zero-order valence-electron chi connectivity index (χ0n) is 16.3. The number of ether oxygens (including phenoxy) is 2. The first-order valence-electron chi connectivity index (χ1n) is 9.35. The molecule has 0 fully saturated rings. The second kappa shape index (κ2) is 9.84. The molecule has 3 aromatic rings. The predicted octanol–water partition coefficient (Wildman–Crippen LogP) is 6.22. The molecule has 0 radical (unpaired) electrons. The van der Waals surface area contributed by atoms with Gasteiger partial charge in [0.25, 0.3) is 0 Å². The Balaban J connectivity index is 1.62. The number of alkyl halides is 3. The Labute approximate surface area is 177 Å². The summed E-state index contributed by atoms with van der Waals surface area (Å²) >= 11 is 0. The van der Waals surface area contributed by atoms with E-state index in [-0.39, 0.29) is 13.0 Å². The van der Waals surface area contributed by atoms with Gasteiger partial charge in [-0.2, -0.15) is 13.2 Å². The van der Waals surface area contributed by atoms with Gasteiger partial charge < -0.3 is 14.6 Å². The summed E-state index contributed by atoms with van der Waals surface area (Å²) in [6, 6.07) is 18.6. The number of para-hydroxylation sites is 2. The molecule has 0 aliphatic rings. The largest absolute Gasteiger partial charge is 0.486 e. The molecule has 31 heavy (non-hydrogen) atoms. The minimum Gasteiger partial charge on any atom is -0.486 e. The van der Waals surface area contributed by atoms with Crippen molar-refractivity contribution in [2.45, 2.75) is 12.6 Å². The maximum absolute atomic E-state index is 12.6. The summed E-state index contributed by atoms with van der Waals surface area (Å²) in [4.78, 5) is 10.9. The van der Waals surface area contributed by atoms with Crippen molar-refractivity contribution in [3.8, 4) is 17.2 Å². The maximum atomic E-state index is 12.6. The second-order valence-corrected chi connectivity index (χ2v) is 6.60. The van der Waals surface area contributed by atoms with Crippen molar-refractivity contribution in [1.82, 2.24) is 0 Å². The van der Waals surface area contributed by atoms with Crippen LogP contribution in [0.4, 0.5) is 13.2 Å². The topological polar surface area (TPSA) is 55.8 Å². The third-order valence-electron chi connectivity index (χ3n) is 4.21. The van der Waals surface area contributed by atoms with Gasteiger partial charge in [-0.15, -0.1) is 0 Å². The summed E-state index contributed by atoms with van der Waals surface area (Å²) < 4.78 is 49.4. The van der Waals surface area contributed by atoms with E-state index in [1.807, 2.05) is 0 Å². The highest BCUT2D eigenvalue weighted by atomic mass is 19.4. The first-order chi connectivity index (χ1) is 14.8. The molecule has 0 saturated carbocycles. The molecule has 0 saturated heterocycles. The summed E-state index contributed by atoms with van der Waals surface area (Å²) in [6.45, 7) is 0.181. The molecule has 0 aromatic heterocycles. The van der Waals surface area contributed by atoms with Crippen molar-refractivity contribution < 1.29 is 32.5 Å². The van der Waals surface area contributed by atoms with Gasteiger partial charge in [0.2, 0.25) is 0 Å². The number of carbonyl (C=O) groups is 1. The van der Waals surface area contributed by atoms with Crippen LogP contribution in [0.5, 0.6) is 17.2 Å². The Morgan fingerprint density at radius 1 is 0.935 bits per heavy atom. The lowest BCUT2D eigenvalue weighted by atomic mass is 10.1. The van der Waals surface area contributed by atoms with Crippen molar-refractivity contribution in [3.05, 3.63) is 95.6 Å². The van der Waals surface area contributed by atoms with Crippen LogP contribution in [0.1, 0.15) is 16.7 Å². The number of carboxylic acids is 1. The highest BCUT2D eigenvalue weighted by molar-refractivity contribution is 5.70. The molecule has 3 rings (SSSR count). The quantitative estimate of drug-likeness (QED) is 0.463. The molecule has 1 N–H and O–H groups in total. The van der Waals surface area contributed by atoms with Crippen molar-refractivity contribution in [3.63, 3.8) is 0 Å². The van der Waals surface area contributed by atoms with Gasteiger partial charge in [-0.1, -0.05) is 42.5 Å². The molecular weight excluding hydrogens is 409 g/mol. The van der Waals surface area contributed by atoms with Crippen molar-refractivity contribution in [2.24, 2.45) is 0 Å². The molecule has 0 aliphatic carbocycles. The Kier molecular flexibility index (Phi) is 6.97. The average molecular weight is 428 g/mol. The molecule has 0 heterocycles. The lowest BCUT2D eigenvalue weighted by Crippen LogP contribution is -2.04. The number of halogens is 3. The van der Waals surface area contributed by atoms with Gasteiger partial charge in [-0.25, -0.2) is 0 Å². The molecule has 0 bridgehead atoms. The molecule has 0 aliphatic heterocycles. The average Bonchev–Trinajstić information content (AvgIpc) is 2.72. The Morgan fingerprint density at radius 2 is 1.65 bits per heavy atom. The van der Waals surface area contributed by atoms with Gasteiger partial charge in [0, 0.05) is 0 Å². The van der Waals surface area contributed by atoms with Crippen molar-refractivity contribution >= 4 is 12.0 Å². The molecule has 0 amide bonds. The Hall–Kier alpha value is -3.74. The lowest BCUT2D eigenvalue weighted by molar-refractivity contribution is -0.138. The minimum absolute atomic E-state index is 0.107. The van der Waals surface area contributed by atoms with Gasteiger partial charge in [0.05, 0.1) is 12.0 Å². The fourth-order valence-electron chi connectivity index (χ4n) is 2.78. The van der Waals surface area contributed by atoms with Crippen LogP contribution in [0.3, 0.4) is 0 Å². The Morgan fingerprint density at radius 3 is 2.32 bits per heavy atom. The van der Waals surface area contributed by atoms with Crippen molar-refractivity contribution in [2.75, 3.05) is 6.61 Å². The number of carboxylic acid groups (broad SMARTS) is 1. The van der Waals surface area contributed by atoms with E-state index in [1.54, 1.807) is 60.7 Å². The summed E-state index contributed by atoms with van der Waals surface area (Å²) in [5.41, 5.74) is 0.540. The maximum Gasteiger partial charge on any atom is 0.416 e. The Bertz CT molecular complexity index is 1060. The second-order valence-electron chi connectivity index (χ2n) is 6.60. The van der Waals surface area contributed by atoms with E-state index in [0.717, 1.165) is 12.1 Å². The first-order valence-corrected chi connectivity index (χ1v) is 9.35. The standard InChI is InChI=1S/C24H19F3O4/c25-24(26,27)19-12-10-17(11-13-19)6-4-14-30-21-8-1-2-9-22(21)31-20-7-3-5-18(15-20)16-23(28)29/h1-13,15H,14,16H2,(H,28,29)/b6-4+. The number of benzene rings is 3. The van der Waals surface area contributed by atoms with Crippen LogP contribution in [0, 0.1) is 0 Å². The van der Waals surface area contributed by atoms with E-state index in [9.17, 15) is 18.0 Å². The van der Waals surface area contributed by atoms with Crippen LogP contribution >= 0.6 is 0 Å². The number of hydrogen-bond acceptors (Lipinski definition) is 3. The van der Waals surface area contributed by atoms with Crippen LogP contribution in [-0.4, -0.2) is 17.7 Å². The van der Waals surface area contributed by atoms with E-state index in [0.29, 0.717) is 28.4 Å². The van der Waals surface area contributed by atoms with Gasteiger partial charge in [-0.3, -0.25) is 4.79 Å². The van der Waals surface area contributed by atoms with E-state index in [2.05, 4.69) is 0 Å². The summed E-state index contributed by atoms with van der Waals surface area (Å²) in [5, 5.41) is 8.93. The number of aliphatic carboxylic acids is 1. The number of rotatable bonds is 8. The lowest BCUT2D eigenvalue weighted by Gasteiger charge is -2.12. The molecule has 7 heteroatoms. The summed E-state index contributed by atoms with van der Waals surface area (Å²) in [7, 11) is 0. The number of hydrogen-bond donors (Lipinski definition) is 1. The van der Waals surface area contributed by atoms with E-state index in [4.69, 9.17) is 14.6 Å². The van der Waals surface area contributed by atoms with E-state index in [1.165, 1.54) is 12.1 Å². The third kappa shape index (κ3) is 6.64. The highest BCUT2D eigenvalue weighted by Gasteiger charge is 2.29. The van der Waals surface area contributed by atoms with Crippen LogP contribution in [-0.2, 0) is 17.4 Å². The fraction of sp³-hybridized carbons (Fsp3) is 0.125. The molecule has 3 aromatic carbocycles. The molecule has 0 spiro atoms. The minimum atomic E-state index is -4.36. The first kappa shape index (κ1) is 22.0. The van der Waals surface area contributed by atoms with Crippen LogP contribution < -0.4 is 9.47 Å².